The zero-order valence-corrected chi connectivity index (χ0v) is 18.7. The summed E-state index contributed by atoms with van der Waals surface area (Å²) in [6.45, 7) is 3.92. The van der Waals surface area contributed by atoms with E-state index in [4.69, 9.17) is 27.9 Å². The first kappa shape index (κ1) is 21.2. The molecule has 2 heterocycles. The van der Waals surface area contributed by atoms with Crippen LogP contribution >= 0.6 is 23.2 Å². The van der Waals surface area contributed by atoms with E-state index < -0.39 is 10.0 Å². The summed E-state index contributed by atoms with van der Waals surface area (Å²) in [6.07, 6.45) is 0. The first-order chi connectivity index (χ1) is 14.3. The van der Waals surface area contributed by atoms with Gasteiger partial charge in [0.25, 0.3) is 0 Å². The van der Waals surface area contributed by atoms with E-state index in [-0.39, 0.29) is 15.8 Å². The molecule has 2 aromatic carbocycles. The minimum atomic E-state index is -3.81. The largest absolute Gasteiger partial charge is 0.489 e. The maximum Gasteiger partial charge on any atom is 0.244 e. The zero-order chi connectivity index (χ0) is 21.5. The van der Waals surface area contributed by atoms with E-state index in [1.54, 1.807) is 0 Å². The van der Waals surface area contributed by atoms with Crippen LogP contribution in [0.25, 0.3) is 0 Å². The van der Waals surface area contributed by atoms with Gasteiger partial charge in [-0.15, -0.1) is 0 Å². The molecular formula is C20H21Cl2N3O4S. The van der Waals surface area contributed by atoms with Crippen LogP contribution in [0.15, 0.2) is 41.3 Å². The standard InChI is InChI=1S/C20H21Cl2N3O4S/c1-14(26)25-10-11-29-19-13-20(17(22)12-18(19)25)30(27,28)24-8-6-23(7-9-24)16-4-2-15(21)3-5-16/h2-5,12-13H,6-11H2,1H3. The highest BCUT2D eigenvalue weighted by atomic mass is 35.5. The van der Waals surface area contributed by atoms with E-state index in [2.05, 4.69) is 4.90 Å². The van der Waals surface area contributed by atoms with Crippen LogP contribution in [0.1, 0.15) is 6.92 Å². The molecule has 4 rings (SSSR count). The molecule has 1 amide bonds. The van der Waals surface area contributed by atoms with Crippen LogP contribution < -0.4 is 14.5 Å². The summed E-state index contributed by atoms with van der Waals surface area (Å²) in [5, 5.41) is 0.734. The minimum Gasteiger partial charge on any atom is -0.489 e. The van der Waals surface area contributed by atoms with Gasteiger partial charge in [0.1, 0.15) is 17.3 Å². The number of benzene rings is 2. The summed E-state index contributed by atoms with van der Waals surface area (Å²) >= 11 is 12.3. The smallest absolute Gasteiger partial charge is 0.244 e. The van der Waals surface area contributed by atoms with Crippen molar-refractivity contribution in [3.05, 3.63) is 46.4 Å². The number of hydrogen-bond donors (Lipinski definition) is 0. The van der Waals surface area contributed by atoms with Crippen molar-refractivity contribution in [1.82, 2.24) is 4.31 Å². The van der Waals surface area contributed by atoms with Gasteiger partial charge in [-0.25, -0.2) is 8.42 Å². The second-order valence-corrected chi connectivity index (χ2v) is 9.89. The minimum absolute atomic E-state index is 0.00624. The predicted molar refractivity (Wildman–Crippen MR) is 117 cm³/mol. The molecule has 0 bridgehead atoms. The Morgan fingerprint density at radius 3 is 2.30 bits per heavy atom. The molecule has 2 aromatic rings. The van der Waals surface area contributed by atoms with E-state index in [1.165, 1.54) is 28.3 Å². The maximum atomic E-state index is 13.3. The van der Waals surface area contributed by atoms with Crippen LogP contribution in [0.3, 0.4) is 0 Å². The lowest BCUT2D eigenvalue weighted by Crippen LogP contribution is -2.48. The molecule has 2 aliphatic rings. The molecule has 0 spiro atoms. The number of amides is 1. The second-order valence-electron chi connectivity index (χ2n) is 7.14. The number of carbonyl (C=O) groups is 1. The molecule has 0 saturated carbocycles. The van der Waals surface area contributed by atoms with Gasteiger partial charge in [0.2, 0.25) is 15.9 Å². The zero-order valence-electron chi connectivity index (χ0n) is 16.3. The molecule has 0 atom stereocenters. The molecule has 1 saturated heterocycles. The third-order valence-electron chi connectivity index (χ3n) is 5.31. The summed E-state index contributed by atoms with van der Waals surface area (Å²) < 4.78 is 33.6. The fourth-order valence-corrected chi connectivity index (χ4v) is 5.78. The molecule has 0 aromatic heterocycles. The van der Waals surface area contributed by atoms with Crippen molar-refractivity contribution in [2.75, 3.05) is 49.1 Å². The van der Waals surface area contributed by atoms with Gasteiger partial charge in [0, 0.05) is 49.9 Å². The summed E-state index contributed by atoms with van der Waals surface area (Å²) in [5.41, 5.74) is 1.49. The Morgan fingerprint density at radius 1 is 1.00 bits per heavy atom. The van der Waals surface area contributed by atoms with Crippen molar-refractivity contribution < 1.29 is 17.9 Å². The number of anilines is 2. The Balaban J connectivity index is 1.56. The Labute approximate surface area is 185 Å². The van der Waals surface area contributed by atoms with Gasteiger partial charge in [0.15, 0.2) is 0 Å². The van der Waals surface area contributed by atoms with E-state index >= 15 is 0 Å². The molecule has 0 aliphatic carbocycles. The summed E-state index contributed by atoms with van der Waals surface area (Å²) in [7, 11) is -3.81. The van der Waals surface area contributed by atoms with E-state index in [0.717, 1.165) is 5.69 Å². The molecule has 30 heavy (non-hydrogen) atoms. The lowest BCUT2D eigenvalue weighted by Gasteiger charge is -2.36. The second kappa shape index (κ2) is 8.26. The van der Waals surface area contributed by atoms with Gasteiger partial charge >= 0.3 is 0 Å². The Kier molecular flexibility index (Phi) is 5.85. The summed E-state index contributed by atoms with van der Waals surface area (Å²) in [6, 6.07) is 10.4. The summed E-state index contributed by atoms with van der Waals surface area (Å²) in [5.74, 6) is 0.198. The third-order valence-corrected chi connectivity index (χ3v) is 7.92. The van der Waals surface area contributed by atoms with Crippen molar-refractivity contribution in [3.63, 3.8) is 0 Å². The highest BCUT2D eigenvalue weighted by molar-refractivity contribution is 7.89. The van der Waals surface area contributed by atoms with E-state index in [1.807, 2.05) is 24.3 Å². The topological polar surface area (TPSA) is 70.2 Å². The van der Waals surface area contributed by atoms with E-state index in [9.17, 15) is 13.2 Å². The SMILES string of the molecule is CC(=O)N1CCOc2cc(S(=O)(=O)N3CCN(c4ccc(Cl)cc4)CC3)c(Cl)cc21. The summed E-state index contributed by atoms with van der Waals surface area (Å²) in [4.78, 5) is 15.5. The van der Waals surface area contributed by atoms with Gasteiger partial charge in [-0.3, -0.25) is 4.79 Å². The van der Waals surface area contributed by atoms with Crippen molar-refractivity contribution in [2.45, 2.75) is 11.8 Å². The van der Waals surface area contributed by atoms with Gasteiger partial charge in [-0.2, -0.15) is 4.31 Å². The molecule has 2 aliphatic heterocycles. The number of halogens is 2. The van der Waals surface area contributed by atoms with Crippen molar-refractivity contribution in [3.8, 4) is 5.75 Å². The number of fused-ring (bicyclic) bond motifs is 1. The van der Waals surface area contributed by atoms with Crippen LogP contribution in [0.5, 0.6) is 5.75 Å². The van der Waals surface area contributed by atoms with Crippen LogP contribution in [-0.4, -0.2) is 58.0 Å². The monoisotopic (exact) mass is 469 g/mol. The average molecular weight is 470 g/mol. The maximum absolute atomic E-state index is 13.3. The van der Waals surface area contributed by atoms with Crippen LogP contribution in [-0.2, 0) is 14.8 Å². The molecule has 7 nitrogen and oxygen atoms in total. The number of carbonyl (C=O) groups excluding carboxylic acids is 1. The number of hydrogen-bond acceptors (Lipinski definition) is 5. The van der Waals surface area contributed by atoms with E-state index in [0.29, 0.717) is 55.8 Å². The van der Waals surface area contributed by atoms with Gasteiger partial charge in [-0.1, -0.05) is 23.2 Å². The Hall–Kier alpha value is -2.00. The highest BCUT2D eigenvalue weighted by Gasteiger charge is 2.33. The average Bonchev–Trinajstić information content (AvgIpc) is 2.73. The van der Waals surface area contributed by atoms with Gasteiger partial charge < -0.3 is 14.5 Å². The predicted octanol–water partition coefficient (Wildman–Crippen LogP) is 3.25. The lowest BCUT2D eigenvalue weighted by atomic mass is 10.2. The van der Waals surface area contributed by atoms with Crippen molar-refractivity contribution >= 4 is 50.5 Å². The quantitative estimate of drug-likeness (QED) is 0.689. The third kappa shape index (κ3) is 3.97. The van der Waals surface area contributed by atoms with Gasteiger partial charge in [0.05, 0.1) is 17.3 Å². The molecule has 160 valence electrons. The first-order valence-electron chi connectivity index (χ1n) is 9.52. The number of rotatable bonds is 3. The van der Waals surface area contributed by atoms with Crippen LogP contribution in [0.2, 0.25) is 10.0 Å². The first-order valence-corrected chi connectivity index (χ1v) is 11.7. The molecular weight excluding hydrogens is 449 g/mol. The molecule has 0 N–H and O–H groups in total. The Bertz CT molecular complexity index is 1070. The molecule has 0 unspecified atom stereocenters. The van der Waals surface area contributed by atoms with Crippen LogP contribution in [0.4, 0.5) is 11.4 Å². The normalized spacial score (nSPS) is 17.4. The Morgan fingerprint density at radius 2 is 1.67 bits per heavy atom. The van der Waals surface area contributed by atoms with Gasteiger partial charge in [-0.05, 0) is 30.3 Å². The molecule has 0 radical (unpaired) electrons. The fourth-order valence-electron chi connectivity index (χ4n) is 3.72. The van der Waals surface area contributed by atoms with Crippen molar-refractivity contribution in [2.24, 2.45) is 0 Å². The molecule has 10 heteroatoms. The lowest BCUT2D eigenvalue weighted by molar-refractivity contribution is -0.116. The number of piperazine rings is 1. The number of ether oxygens (including phenoxy) is 1. The number of sulfonamides is 1. The fraction of sp³-hybridized carbons (Fsp3) is 0.350. The van der Waals surface area contributed by atoms with Crippen molar-refractivity contribution in [1.29, 1.82) is 0 Å². The molecule has 1 fully saturated rings. The highest BCUT2D eigenvalue weighted by Crippen LogP contribution is 2.39. The number of nitrogens with zero attached hydrogens (tertiary/aromatic N) is 3. The van der Waals surface area contributed by atoms with Crippen LogP contribution in [0, 0.1) is 0 Å².